The highest BCUT2D eigenvalue weighted by Crippen LogP contribution is 2.24. The fourth-order valence-electron chi connectivity index (χ4n) is 1.54. The minimum atomic E-state index is -0.392. The van der Waals surface area contributed by atoms with Gasteiger partial charge in [-0.25, -0.2) is 9.97 Å². The topological polar surface area (TPSA) is 54.9 Å². The van der Waals surface area contributed by atoms with Crippen molar-refractivity contribution in [3.05, 3.63) is 51.8 Å². The van der Waals surface area contributed by atoms with Crippen molar-refractivity contribution in [3.63, 3.8) is 0 Å². The molecule has 0 radical (unpaired) electrons. The maximum absolute atomic E-state index is 12.1. The lowest BCUT2D eigenvalue weighted by Gasteiger charge is -2.08. The van der Waals surface area contributed by atoms with Crippen LogP contribution in [0.2, 0.25) is 10.3 Å². The molecule has 0 saturated carbocycles. The second-order valence-corrected chi connectivity index (χ2v) is 5.32. The number of halogens is 2. The quantitative estimate of drug-likeness (QED) is 0.531. The van der Waals surface area contributed by atoms with Crippen LogP contribution >= 0.6 is 35.0 Å². The molecule has 0 aliphatic carbocycles. The van der Waals surface area contributed by atoms with E-state index in [0.717, 1.165) is 5.56 Å². The molecule has 0 unspecified atom stereocenters. The Balaban J connectivity index is 2.13. The lowest BCUT2D eigenvalue weighted by atomic mass is 10.2. The molecule has 1 aromatic carbocycles. The first-order valence-corrected chi connectivity index (χ1v) is 7.69. The molecule has 20 heavy (non-hydrogen) atoms. The van der Waals surface area contributed by atoms with E-state index in [1.165, 1.54) is 11.8 Å². The van der Waals surface area contributed by atoms with Crippen molar-refractivity contribution in [3.8, 4) is 0 Å². The van der Waals surface area contributed by atoms with Gasteiger partial charge in [0.15, 0.2) is 5.16 Å². The maximum atomic E-state index is 12.1. The molecule has 0 atom stereocenters. The summed E-state index contributed by atoms with van der Waals surface area (Å²) in [6.45, 7) is 0.386. The molecule has 7 heteroatoms. The summed E-state index contributed by atoms with van der Waals surface area (Å²) in [6.07, 6.45) is 1.80. The molecular formula is C13H11Cl2N3OS. The largest absolute Gasteiger partial charge is 0.348 e. The summed E-state index contributed by atoms with van der Waals surface area (Å²) >= 11 is 13.3. The van der Waals surface area contributed by atoms with Gasteiger partial charge in [-0.2, -0.15) is 0 Å². The summed E-state index contributed by atoms with van der Waals surface area (Å²) in [5.74, 6) is -0.392. The summed E-state index contributed by atoms with van der Waals surface area (Å²) in [4.78, 5) is 20.1. The van der Waals surface area contributed by atoms with Crippen molar-refractivity contribution < 1.29 is 4.79 Å². The first kappa shape index (κ1) is 15.1. The van der Waals surface area contributed by atoms with Crippen LogP contribution in [-0.2, 0) is 6.54 Å². The van der Waals surface area contributed by atoms with Crippen LogP contribution in [-0.4, -0.2) is 22.1 Å². The van der Waals surface area contributed by atoms with Gasteiger partial charge < -0.3 is 5.32 Å². The summed E-state index contributed by atoms with van der Waals surface area (Å²) < 4.78 is 0. The number of hydrogen-bond donors (Lipinski definition) is 1. The highest BCUT2D eigenvalue weighted by molar-refractivity contribution is 7.98. The molecule has 1 heterocycles. The molecule has 0 bridgehead atoms. The smallest absolute Gasteiger partial charge is 0.257 e. The van der Waals surface area contributed by atoms with Crippen molar-refractivity contribution in [1.29, 1.82) is 0 Å². The van der Waals surface area contributed by atoms with Crippen molar-refractivity contribution in [2.45, 2.75) is 11.7 Å². The number of thioether (sulfide) groups is 1. The maximum Gasteiger partial charge on any atom is 0.257 e. The van der Waals surface area contributed by atoms with Gasteiger partial charge in [-0.1, -0.05) is 65.3 Å². The van der Waals surface area contributed by atoms with Crippen LogP contribution in [0.4, 0.5) is 0 Å². The van der Waals surface area contributed by atoms with Gasteiger partial charge in [0.05, 0.1) is 0 Å². The summed E-state index contributed by atoms with van der Waals surface area (Å²) in [7, 11) is 0. The molecule has 2 rings (SSSR count). The van der Waals surface area contributed by atoms with E-state index in [9.17, 15) is 4.79 Å². The van der Waals surface area contributed by atoms with Crippen molar-refractivity contribution in [2.24, 2.45) is 0 Å². The Kier molecular flexibility index (Phi) is 5.23. The van der Waals surface area contributed by atoms with Crippen LogP contribution in [0.25, 0.3) is 0 Å². The molecule has 0 aliphatic heterocycles. The summed E-state index contributed by atoms with van der Waals surface area (Å²) in [5, 5.41) is 3.28. The van der Waals surface area contributed by atoms with Gasteiger partial charge >= 0.3 is 0 Å². The fourth-order valence-corrected chi connectivity index (χ4v) is 2.56. The van der Waals surface area contributed by atoms with E-state index in [-0.39, 0.29) is 15.9 Å². The monoisotopic (exact) mass is 327 g/mol. The molecule has 1 aromatic heterocycles. The molecule has 1 amide bonds. The van der Waals surface area contributed by atoms with Gasteiger partial charge in [-0.3, -0.25) is 4.79 Å². The predicted octanol–water partition coefficient (Wildman–Crippen LogP) is 3.44. The van der Waals surface area contributed by atoms with Crippen LogP contribution in [0.3, 0.4) is 0 Å². The molecule has 0 saturated heterocycles. The van der Waals surface area contributed by atoms with E-state index in [1.807, 2.05) is 30.3 Å². The molecule has 2 aromatic rings. The number of nitrogens with one attached hydrogen (secondary N) is 1. The van der Waals surface area contributed by atoms with Crippen molar-refractivity contribution >= 4 is 40.9 Å². The zero-order valence-electron chi connectivity index (χ0n) is 10.6. The van der Waals surface area contributed by atoms with E-state index >= 15 is 0 Å². The van der Waals surface area contributed by atoms with Crippen LogP contribution < -0.4 is 5.32 Å². The fraction of sp³-hybridized carbons (Fsp3) is 0.154. The SMILES string of the molecule is CSc1nc(Cl)c(C(=O)NCc2ccccc2)c(Cl)n1. The Labute approximate surface area is 130 Å². The molecule has 0 fully saturated rings. The molecule has 1 N–H and O–H groups in total. The average molecular weight is 328 g/mol. The van der Waals surface area contributed by atoms with Crippen molar-refractivity contribution in [1.82, 2.24) is 15.3 Å². The number of amides is 1. The van der Waals surface area contributed by atoms with E-state index < -0.39 is 5.91 Å². The third-order valence-corrected chi connectivity index (χ3v) is 3.60. The minimum absolute atomic E-state index is 0.0555. The lowest BCUT2D eigenvalue weighted by Crippen LogP contribution is -2.24. The molecule has 0 spiro atoms. The van der Waals surface area contributed by atoms with Gasteiger partial charge in [0, 0.05) is 6.54 Å². The first-order chi connectivity index (χ1) is 9.61. The third-order valence-electron chi connectivity index (χ3n) is 2.51. The molecule has 104 valence electrons. The van der Waals surface area contributed by atoms with Crippen molar-refractivity contribution in [2.75, 3.05) is 6.26 Å². The third kappa shape index (κ3) is 3.62. The first-order valence-electron chi connectivity index (χ1n) is 5.71. The van der Waals surface area contributed by atoms with Gasteiger partial charge in [0.1, 0.15) is 15.9 Å². The molecule has 4 nitrogen and oxygen atoms in total. The number of benzene rings is 1. The minimum Gasteiger partial charge on any atom is -0.348 e. The predicted molar refractivity (Wildman–Crippen MR) is 81.4 cm³/mol. The second kappa shape index (κ2) is 6.92. The van der Waals surface area contributed by atoms with Gasteiger partial charge in [-0.05, 0) is 11.8 Å². The zero-order chi connectivity index (χ0) is 14.5. The van der Waals surface area contributed by atoms with E-state index in [1.54, 1.807) is 6.26 Å². The van der Waals surface area contributed by atoms with Gasteiger partial charge in [0.2, 0.25) is 0 Å². The zero-order valence-corrected chi connectivity index (χ0v) is 12.9. The Morgan fingerprint density at radius 2 is 1.80 bits per heavy atom. The van der Waals surface area contributed by atoms with E-state index in [2.05, 4.69) is 15.3 Å². The van der Waals surface area contributed by atoms with Crippen LogP contribution in [0, 0.1) is 0 Å². The second-order valence-electron chi connectivity index (χ2n) is 3.84. The highest BCUT2D eigenvalue weighted by Gasteiger charge is 2.18. The summed E-state index contributed by atoms with van der Waals surface area (Å²) in [6, 6.07) is 9.54. The Hall–Kier alpha value is -1.30. The Bertz CT molecular complexity index is 599. The molecule has 0 aliphatic rings. The van der Waals surface area contributed by atoms with Gasteiger partial charge in [-0.15, -0.1) is 0 Å². The van der Waals surface area contributed by atoms with Crippen LogP contribution in [0.1, 0.15) is 15.9 Å². The number of aromatic nitrogens is 2. The van der Waals surface area contributed by atoms with E-state index in [0.29, 0.717) is 11.7 Å². The molecular weight excluding hydrogens is 317 g/mol. The highest BCUT2D eigenvalue weighted by atomic mass is 35.5. The van der Waals surface area contributed by atoms with Crippen LogP contribution in [0.5, 0.6) is 0 Å². The Morgan fingerprint density at radius 3 is 2.35 bits per heavy atom. The summed E-state index contributed by atoms with van der Waals surface area (Å²) in [5.41, 5.74) is 1.08. The van der Waals surface area contributed by atoms with E-state index in [4.69, 9.17) is 23.2 Å². The normalized spacial score (nSPS) is 10.3. The number of carbonyl (C=O) groups excluding carboxylic acids is 1. The standard InChI is InChI=1S/C13H11Cl2N3OS/c1-20-13-17-10(14)9(11(15)18-13)12(19)16-7-8-5-3-2-4-6-8/h2-6H,7H2,1H3,(H,16,19). The average Bonchev–Trinajstić information content (AvgIpc) is 2.45. The van der Waals surface area contributed by atoms with Gasteiger partial charge in [0.25, 0.3) is 5.91 Å². The number of carbonyl (C=O) groups is 1. The number of hydrogen-bond acceptors (Lipinski definition) is 4. The number of rotatable bonds is 4. The lowest BCUT2D eigenvalue weighted by molar-refractivity contribution is 0.0950. The number of nitrogens with zero attached hydrogens (tertiary/aromatic N) is 2. The van der Waals surface area contributed by atoms with Crippen LogP contribution in [0.15, 0.2) is 35.5 Å². The Morgan fingerprint density at radius 1 is 1.20 bits per heavy atom.